The number of hydrogen-bond donors (Lipinski definition) is 0. The van der Waals surface area contributed by atoms with Crippen LogP contribution in [0.3, 0.4) is 0 Å². The van der Waals surface area contributed by atoms with Crippen LogP contribution in [-0.2, 0) is 6.18 Å². The molecule has 0 saturated carbocycles. The average molecular weight is 315 g/mol. The van der Waals surface area contributed by atoms with Crippen LogP contribution in [-0.4, -0.2) is 4.98 Å². The van der Waals surface area contributed by atoms with Crippen molar-refractivity contribution in [3.8, 4) is 11.1 Å². The highest BCUT2D eigenvalue weighted by Gasteiger charge is 2.30. The number of alkyl halides is 3. The smallest absolute Gasteiger partial charge is 0.256 e. The van der Waals surface area contributed by atoms with E-state index in [0.29, 0.717) is 5.92 Å². The van der Waals surface area contributed by atoms with Crippen molar-refractivity contribution in [3.05, 3.63) is 65.9 Å². The van der Waals surface area contributed by atoms with Crippen LogP contribution in [0.1, 0.15) is 30.9 Å². The summed E-state index contributed by atoms with van der Waals surface area (Å²) in [5, 5.41) is 0.994. The monoisotopic (exact) mass is 315 g/mol. The van der Waals surface area contributed by atoms with Crippen LogP contribution in [0, 0.1) is 0 Å². The van der Waals surface area contributed by atoms with Crippen LogP contribution >= 0.6 is 0 Å². The molecule has 0 unspecified atom stereocenters. The number of rotatable bonds is 2. The first-order chi connectivity index (χ1) is 10.9. The summed E-state index contributed by atoms with van der Waals surface area (Å²) in [6, 6.07) is 13.2. The fourth-order valence-corrected chi connectivity index (χ4v) is 2.61. The van der Waals surface area contributed by atoms with Gasteiger partial charge in [-0.1, -0.05) is 32.0 Å². The van der Waals surface area contributed by atoms with E-state index in [2.05, 4.69) is 24.9 Å². The van der Waals surface area contributed by atoms with E-state index in [4.69, 9.17) is 0 Å². The van der Waals surface area contributed by atoms with Gasteiger partial charge < -0.3 is 0 Å². The number of fused-ring (bicyclic) bond motifs is 1. The molecule has 0 amide bonds. The van der Waals surface area contributed by atoms with Gasteiger partial charge in [0.25, 0.3) is 0 Å². The van der Waals surface area contributed by atoms with Crippen molar-refractivity contribution in [2.24, 2.45) is 0 Å². The van der Waals surface area contributed by atoms with E-state index in [1.807, 2.05) is 18.2 Å². The van der Waals surface area contributed by atoms with E-state index in [-0.39, 0.29) is 0 Å². The van der Waals surface area contributed by atoms with Gasteiger partial charge in [0.1, 0.15) is 0 Å². The van der Waals surface area contributed by atoms with Crippen LogP contribution in [0.2, 0.25) is 0 Å². The van der Waals surface area contributed by atoms with E-state index in [1.165, 1.54) is 12.1 Å². The van der Waals surface area contributed by atoms with E-state index in [9.17, 15) is 13.2 Å². The van der Waals surface area contributed by atoms with Gasteiger partial charge in [0.05, 0.1) is 11.1 Å². The van der Waals surface area contributed by atoms with Gasteiger partial charge in [-0.25, -0.2) is 0 Å². The molecule has 1 heterocycles. The quantitative estimate of drug-likeness (QED) is 0.561. The molecule has 2 aromatic carbocycles. The van der Waals surface area contributed by atoms with Crippen molar-refractivity contribution >= 4 is 10.9 Å². The Hall–Kier alpha value is -2.36. The number of pyridine rings is 1. The predicted molar refractivity (Wildman–Crippen MR) is 86.3 cm³/mol. The maximum absolute atomic E-state index is 12.7. The zero-order valence-corrected chi connectivity index (χ0v) is 12.9. The zero-order chi connectivity index (χ0) is 16.6. The van der Waals surface area contributed by atoms with Crippen LogP contribution in [0.5, 0.6) is 0 Å². The summed E-state index contributed by atoms with van der Waals surface area (Å²) in [5.41, 5.74) is 2.90. The molecule has 118 valence electrons. The van der Waals surface area contributed by atoms with Crippen molar-refractivity contribution < 1.29 is 13.2 Å². The Morgan fingerprint density at radius 3 is 2.26 bits per heavy atom. The van der Waals surface area contributed by atoms with Crippen LogP contribution in [0.25, 0.3) is 22.0 Å². The summed E-state index contributed by atoms with van der Waals surface area (Å²) in [6.45, 7) is 4.18. The zero-order valence-electron chi connectivity index (χ0n) is 12.9. The third kappa shape index (κ3) is 3.07. The number of halogens is 3. The largest absolute Gasteiger partial charge is 0.416 e. The molecule has 0 bridgehead atoms. The lowest BCUT2D eigenvalue weighted by Gasteiger charge is -2.13. The van der Waals surface area contributed by atoms with E-state index < -0.39 is 11.7 Å². The first-order valence-corrected chi connectivity index (χ1v) is 7.42. The van der Waals surface area contributed by atoms with Gasteiger partial charge in [0.2, 0.25) is 0 Å². The molecule has 0 aliphatic heterocycles. The van der Waals surface area contributed by atoms with E-state index in [0.717, 1.165) is 39.7 Å². The molecule has 0 saturated heterocycles. The fraction of sp³-hybridized carbons (Fsp3) is 0.211. The number of hydrogen-bond acceptors (Lipinski definition) is 1. The van der Waals surface area contributed by atoms with Gasteiger partial charge in [-0.3, -0.25) is 4.98 Å². The minimum Gasteiger partial charge on any atom is -0.256 e. The van der Waals surface area contributed by atoms with Crippen molar-refractivity contribution in [2.45, 2.75) is 25.9 Å². The normalized spacial score (nSPS) is 12.1. The predicted octanol–water partition coefficient (Wildman–Crippen LogP) is 6.04. The van der Waals surface area contributed by atoms with Crippen molar-refractivity contribution in [1.29, 1.82) is 0 Å². The lowest BCUT2D eigenvalue weighted by atomic mass is 9.94. The molecule has 0 atom stereocenters. The molecule has 0 aliphatic carbocycles. The molecule has 3 aromatic rings. The molecule has 1 aromatic heterocycles. The second-order valence-corrected chi connectivity index (χ2v) is 5.87. The van der Waals surface area contributed by atoms with Gasteiger partial charge in [-0.15, -0.1) is 0 Å². The van der Waals surface area contributed by atoms with Crippen LogP contribution in [0.15, 0.2) is 54.7 Å². The molecule has 23 heavy (non-hydrogen) atoms. The minimum absolute atomic E-state index is 0.327. The summed E-state index contributed by atoms with van der Waals surface area (Å²) in [5.74, 6) is 0.327. The van der Waals surface area contributed by atoms with Gasteiger partial charge in [-0.05, 0) is 47.4 Å². The summed E-state index contributed by atoms with van der Waals surface area (Å²) < 4.78 is 38.2. The topological polar surface area (TPSA) is 12.9 Å². The molecule has 1 nitrogen and oxygen atoms in total. The fourth-order valence-electron chi connectivity index (χ4n) is 2.61. The average Bonchev–Trinajstić information content (AvgIpc) is 2.53. The molecule has 0 radical (unpaired) electrons. The van der Waals surface area contributed by atoms with Gasteiger partial charge >= 0.3 is 6.18 Å². The first-order valence-electron chi connectivity index (χ1n) is 7.42. The minimum atomic E-state index is -4.32. The van der Waals surface area contributed by atoms with Crippen LogP contribution in [0.4, 0.5) is 13.2 Å². The molecule has 0 fully saturated rings. The van der Waals surface area contributed by atoms with Gasteiger partial charge in [0, 0.05) is 17.1 Å². The third-order valence-electron chi connectivity index (χ3n) is 3.92. The van der Waals surface area contributed by atoms with Crippen molar-refractivity contribution in [1.82, 2.24) is 4.98 Å². The Kier molecular flexibility index (Phi) is 3.84. The SMILES string of the molecule is CC(C)c1cc(-c2ccc(C(F)(F)F)cc2)c2ncccc2c1. The lowest BCUT2D eigenvalue weighted by molar-refractivity contribution is -0.137. The second-order valence-electron chi connectivity index (χ2n) is 5.87. The second kappa shape index (κ2) is 5.69. The Morgan fingerprint density at radius 1 is 0.957 bits per heavy atom. The Labute approximate surface area is 132 Å². The molecule has 3 rings (SSSR count). The Morgan fingerprint density at radius 2 is 1.65 bits per heavy atom. The molecule has 4 heteroatoms. The maximum atomic E-state index is 12.7. The summed E-state index contributed by atoms with van der Waals surface area (Å²) in [4.78, 5) is 4.41. The van der Waals surface area contributed by atoms with Crippen LogP contribution < -0.4 is 0 Å². The summed E-state index contributed by atoms with van der Waals surface area (Å²) >= 11 is 0. The third-order valence-corrected chi connectivity index (χ3v) is 3.92. The lowest BCUT2D eigenvalue weighted by Crippen LogP contribution is -2.04. The molecule has 0 aliphatic rings. The molecular weight excluding hydrogens is 299 g/mol. The van der Waals surface area contributed by atoms with Gasteiger partial charge in [0.15, 0.2) is 0 Å². The molecule has 0 N–H and O–H groups in total. The van der Waals surface area contributed by atoms with Crippen molar-refractivity contribution in [2.75, 3.05) is 0 Å². The number of nitrogens with zero attached hydrogens (tertiary/aromatic N) is 1. The highest BCUT2D eigenvalue weighted by Crippen LogP contribution is 2.34. The number of aromatic nitrogens is 1. The highest BCUT2D eigenvalue weighted by atomic mass is 19.4. The maximum Gasteiger partial charge on any atom is 0.416 e. The standard InChI is InChI=1S/C19H16F3N/c1-12(2)15-10-14-4-3-9-23-18(14)17(11-15)13-5-7-16(8-6-13)19(20,21)22/h3-12H,1-2H3. The first kappa shape index (κ1) is 15.5. The number of benzene rings is 2. The Bertz CT molecular complexity index is 833. The molecule has 0 spiro atoms. The van der Waals surface area contributed by atoms with Crippen molar-refractivity contribution in [3.63, 3.8) is 0 Å². The highest BCUT2D eigenvalue weighted by molar-refractivity contribution is 5.94. The van der Waals surface area contributed by atoms with E-state index >= 15 is 0 Å². The van der Waals surface area contributed by atoms with E-state index in [1.54, 1.807) is 6.20 Å². The van der Waals surface area contributed by atoms with Gasteiger partial charge in [-0.2, -0.15) is 13.2 Å². The Balaban J connectivity index is 2.18. The summed E-state index contributed by atoms with van der Waals surface area (Å²) in [7, 11) is 0. The summed E-state index contributed by atoms with van der Waals surface area (Å²) in [6.07, 6.45) is -2.62. The molecular formula is C19H16F3N.